The van der Waals surface area contributed by atoms with Gasteiger partial charge in [-0.15, -0.1) is 0 Å². The molecule has 6 heteroatoms. The Morgan fingerprint density at radius 3 is 2.62 bits per heavy atom. The first-order valence-electron chi connectivity index (χ1n) is 7.55. The van der Waals surface area contributed by atoms with Crippen LogP contribution < -0.4 is 4.74 Å². The number of aromatic nitrogens is 1. The minimum absolute atomic E-state index is 0.161. The number of pyridine rings is 1. The first-order chi connectivity index (χ1) is 11.7. The Labute approximate surface area is 138 Å². The fourth-order valence-corrected chi connectivity index (χ4v) is 2.66. The maximum atomic E-state index is 11.4. The number of nitrogens with zero attached hydrogens (tertiary/aromatic N) is 2. The molecule has 0 radical (unpaired) electrons. The number of para-hydroxylation sites is 1. The monoisotopic (exact) mass is 324 g/mol. The molecule has 122 valence electrons. The summed E-state index contributed by atoms with van der Waals surface area (Å²) in [4.78, 5) is 15.4. The summed E-state index contributed by atoms with van der Waals surface area (Å²) in [5.74, 6) is 0.674. The molecule has 3 aromatic rings. The van der Waals surface area contributed by atoms with Crippen molar-refractivity contribution >= 4 is 16.6 Å². The lowest BCUT2D eigenvalue weighted by Crippen LogP contribution is -1.99. The SMILES string of the molecule is CCOc1ccccc1-c1ccc2ccc(CO)c([N+](=O)[O-])c2n1. The van der Waals surface area contributed by atoms with E-state index in [0.29, 0.717) is 23.4 Å². The van der Waals surface area contributed by atoms with E-state index in [1.807, 2.05) is 37.3 Å². The van der Waals surface area contributed by atoms with Crippen LogP contribution in [0.2, 0.25) is 0 Å². The molecule has 1 N–H and O–H groups in total. The van der Waals surface area contributed by atoms with Gasteiger partial charge in [-0.2, -0.15) is 0 Å². The lowest BCUT2D eigenvalue weighted by Gasteiger charge is -2.10. The number of nitro benzene ring substituents is 1. The van der Waals surface area contributed by atoms with E-state index in [9.17, 15) is 15.2 Å². The van der Waals surface area contributed by atoms with Crippen molar-refractivity contribution in [1.29, 1.82) is 0 Å². The molecule has 24 heavy (non-hydrogen) atoms. The molecule has 6 nitrogen and oxygen atoms in total. The Bertz CT molecular complexity index is 909. The summed E-state index contributed by atoms with van der Waals surface area (Å²) in [5.41, 5.74) is 1.70. The maximum Gasteiger partial charge on any atom is 0.300 e. The van der Waals surface area contributed by atoms with Gasteiger partial charge in [-0.3, -0.25) is 10.1 Å². The Balaban J connectivity index is 2.25. The number of benzene rings is 2. The van der Waals surface area contributed by atoms with E-state index >= 15 is 0 Å². The number of hydrogen-bond acceptors (Lipinski definition) is 5. The van der Waals surface area contributed by atoms with Crippen LogP contribution in [0.4, 0.5) is 5.69 Å². The molecule has 0 unspecified atom stereocenters. The number of aliphatic hydroxyl groups is 1. The van der Waals surface area contributed by atoms with Crippen molar-refractivity contribution in [2.75, 3.05) is 6.61 Å². The van der Waals surface area contributed by atoms with Crippen LogP contribution >= 0.6 is 0 Å². The molecule has 0 saturated carbocycles. The average Bonchev–Trinajstić information content (AvgIpc) is 2.60. The summed E-state index contributed by atoms with van der Waals surface area (Å²) in [6, 6.07) is 14.3. The average molecular weight is 324 g/mol. The maximum absolute atomic E-state index is 11.4. The van der Waals surface area contributed by atoms with Crippen molar-refractivity contribution in [1.82, 2.24) is 4.98 Å². The van der Waals surface area contributed by atoms with Gasteiger partial charge in [-0.05, 0) is 31.2 Å². The molecule has 0 fully saturated rings. The lowest BCUT2D eigenvalue weighted by molar-refractivity contribution is -0.384. The van der Waals surface area contributed by atoms with Gasteiger partial charge in [0.15, 0.2) is 0 Å². The van der Waals surface area contributed by atoms with Gasteiger partial charge >= 0.3 is 5.69 Å². The summed E-state index contributed by atoms with van der Waals surface area (Å²) in [7, 11) is 0. The third kappa shape index (κ3) is 2.79. The predicted molar refractivity (Wildman–Crippen MR) is 90.9 cm³/mol. The Morgan fingerprint density at radius 2 is 1.92 bits per heavy atom. The third-order valence-corrected chi connectivity index (χ3v) is 3.73. The van der Waals surface area contributed by atoms with Crippen LogP contribution in [0.5, 0.6) is 5.75 Å². The molecule has 0 atom stereocenters. The zero-order valence-corrected chi connectivity index (χ0v) is 13.1. The van der Waals surface area contributed by atoms with E-state index in [-0.39, 0.29) is 16.8 Å². The molecule has 2 aromatic carbocycles. The number of nitro groups is 1. The zero-order valence-electron chi connectivity index (χ0n) is 13.1. The van der Waals surface area contributed by atoms with Crippen molar-refractivity contribution in [3.8, 4) is 17.0 Å². The molecular weight excluding hydrogens is 308 g/mol. The third-order valence-electron chi connectivity index (χ3n) is 3.73. The smallest absolute Gasteiger partial charge is 0.300 e. The standard InChI is InChI=1S/C18H16N2O4/c1-2-24-16-6-4-3-5-14(16)15-10-9-12-7-8-13(11-21)18(20(22)23)17(12)19-15/h3-10,21H,2,11H2,1H3. The summed E-state index contributed by atoms with van der Waals surface area (Å²) in [6.45, 7) is 2.00. The van der Waals surface area contributed by atoms with Gasteiger partial charge < -0.3 is 9.84 Å². The van der Waals surface area contributed by atoms with Crippen molar-refractivity contribution in [3.63, 3.8) is 0 Å². The van der Waals surface area contributed by atoms with Crippen LogP contribution in [-0.4, -0.2) is 21.6 Å². The van der Waals surface area contributed by atoms with E-state index < -0.39 is 11.5 Å². The second kappa shape index (κ2) is 6.64. The highest BCUT2D eigenvalue weighted by Gasteiger charge is 2.20. The number of rotatable bonds is 5. The summed E-state index contributed by atoms with van der Waals surface area (Å²) in [6.07, 6.45) is 0. The molecule has 0 aliphatic rings. The molecule has 0 amide bonds. The van der Waals surface area contributed by atoms with Gasteiger partial charge in [0.1, 0.15) is 11.3 Å². The van der Waals surface area contributed by atoms with Crippen molar-refractivity contribution in [3.05, 3.63) is 64.2 Å². The van der Waals surface area contributed by atoms with Gasteiger partial charge in [-0.1, -0.05) is 24.3 Å². The molecule has 0 aliphatic carbocycles. The van der Waals surface area contributed by atoms with Crippen molar-refractivity contribution in [2.45, 2.75) is 13.5 Å². The topological polar surface area (TPSA) is 85.5 Å². The van der Waals surface area contributed by atoms with E-state index in [4.69, 9.17) is 4.74 Å². The highest BCUT2D eigenvalue weighted by molar-refractivity contribution is 5.90. The molecule has 1 heterocycles. The number of hydrogen-bond donors (Lipinski definition) is 1. The number of ether oxygens (including phenoxy) is 1. The highest BCUT2D eigenvalue weighted by atomic mass is 16.6. The van der Waals surface area contributed by atoms with E-state index in [1.54, 1.807) is 18.2 Å². The molecule has 0 aliphatic heterocycles. The van der Waals surface area contributed by atoms with Gasteiger partial charge in [0.25, 0.3) is 0 Å². The molecule has 3 rings (SSSR count). The van der Waals surface area contributed by atoms with Crippen molar-refractivity contribution in [2.24, 2.45) is 0 Å². The summed E-state index contributed by atoms with van der Waals surface area (Å²) >= 11 is 0. The van der Waals surface area contributed by atoms with Gasteiger partial charge in [0, 0.05) is 10.9 Å². The molecular formula is C18H16N2O4. The first-order valence-corrected chi connectivity index (χ1v) is 7.55. The van der Waals surface area contributed by atoms with E-state index in [2.05, 4.69) is 4.98 Å². The van der Waals surface area contributed by atoms with Gasteiger partial charge in [-0.25, -0.2) is 4.98 Å². The zero-order chi connectivity index (χ0) is 17.1. The number of aliphatic hydroxyl groups excluding tert-OH is 1. The molecule has 0 bridgehead atoms. The van der Waals surface area contributed by atoms with Crippen LogP contribution in [0, 0.1) is 10.1 Å². The first kappa shape index (κ1) is 15.9. The van der Waals surface area contributed by atoms with E-state index in [1.165, 1.54) is 0 Å². The van der Waals surface area contributed by atoms with Crippen molar-refractivity contribution < 1.29 is 14.8 Å². The van der Waals surface area contributed by atoms with Crippen LogP contribution in [0.25, 0.3) is 22.2 Å². The highest BCUT2D eigenvalue weighted by Crippen LogP contribution is 2.33. The van der Waals surface area contributed by atoms with E-state index in [0.717, 1.165) is 5.56 Å². The number of fused-ring (bicyclic) bond motifs is 1. The molecule has 1 aromatic heterocycles. The fourth-order valence-electron chi connectivity index (χ4n) is 2.66. The lowest BCUT2D eigenvalue weighted by atomic mass is 10.1. The van der Waals surface area contributed by atoms with Gasteiger partial charge in [0.2, 0.25) is 0 Å². The predicted octanol–water partition coefficient (Wildman–Crippen LogP) is 3.70. The van der Waals surface area contributed by atoms with Crippen LogP contribution in [0.15, 0.2) is 48.5 Å². The second-order valence-corrected chi connectivity index (χ2v) is 5.19. The Hall–Kier alpha value is -2.99. The summed E-state index contributed by atoms with van der Waals surface area (Å²) < 4.78 is 5.61. The normalized spacial score (nSPS) is 10.8. The van der Waals surface area contributed by atoms with Gasteiger partial charge in [0.05, 0.1) is 29.4 Å². The fraction of sp³-hybridized carbons (Fsp3) is 0.167. The van der Waals surface area contributed by atoms with Crippen LogP contribution in [0.1, 0.15) is 12.5 Å². The quantitative estimate of drug-likeness (QED) is 0.571. The van der Waals surface area contributed by atoms with Crippen LogP contribution in [-0.2, 0) is 6.61 Å². The Morgan fingerprint density at radius 1 is 1.17 bits per heavy atom. The largest absolute Gasteiger partial charge is 0.493 e. The van der Waals surface area contributed by atoms with Crippen LogP contribution in [0.3, 0.4) is 0 Å². The second-order valence-electron chi connectivity index (χ2n) is 5.19. The minimum atomic E-state index is -0.501. The minimum Gasteiger partial charge on any atom is -0.493 e. The molecule has 0 saturated heterocycles. The molecule has 0 spiro atoms. The Kier molecular flexibility index (Phi) is 4.39. The summed E-state index contributed by atoms with van der Waals surface area (Å²) in [5, 5.41) is 21.5.